The molecule has 0 radical (unpaired) electrons. The molecule has 3 nitrogen and oxygen atoms in total. The molecule has 0 amide bonds. The van der Waals surface area contributed by atoms with Crippen LogP contribution in [0.2, 0.25) is 5.02 Å². The number of rotatable bonds is 5. The van der Waals surface area contributed by atoms with Crippen molar-refractivity contribution in [3.63, 3.8) is 0 Å². The van der Waals surface area contributed by atoms with Gasteiger partial charge in [-0.25, -0.2) is 4.98 Å². The van der Waals surface area contributed by atoms with Crippen LogP contribution in [0.25, 0.3) is 10.9 Å². The minimum atomic E-state index is 0.0380. The summed E-state index contributed by atoms with van der Waals surface area (Å²) in [4.78, 5) is 17.4. The molecule has 0 aliphatic rings. The second-order valence-corrected chi connectivity index (χ2v) is 6.66. The fourth-order valence-electron chi connectivity index (χ4n) is 2.41. The van der Waals surface area contributed by atoms with Gasteiger partial charge in [0.1, 0.15) is 0 Å². The third-order valence-corrected chi connectivity index (χ3v) is 4.85. The van der Waals surface area contributed by atoms with Crippen LogP contribution >= 0.6 is 23.4 Å². The largest absolute Gasteiger partial charge is 0.287 e. The predicted molar refractivity (Wildman–Crippen MR) is 97.3 cm³/mol. The van der Waals surface area contributed by atoms with Crippen molar-refractivity contribution >= 4 is 34.3 Å². The van der Waals surface area contributed by atoms with Crippen LogP contribution in [0.4, 0.5) is 0 Å². The number of aromatic nitrogens is 2. The smallest absolute Gasteiger partial charge is 0.262 e. The summed E-state index contributed by atoms with van der Waals surface area (Å²) in [5.74, 6) is 0.756. The lowest BCUT2D eigenvalue weighted by molar-refractivity contribution is 0.585. The molecule has 0 fully saturated rings. The van der Waals surface area contributed by atoms with E-state index < -0.39 is 0 Å². The van der Waals surface area contributed by atoms with Gasteiger partial charge in [0.25, 0.3) is 5.56 Å². The highest BCUT2D eigenvalue weighted by Crippen LogP contribution is 2.23. The SMILES string of the molecule is CCCn1c(SCc2ccc(Cl)cc2)nc2ccccc2c1=O. The Hall–Kier alpha value is -1.78. The third-order valence-electron chi connectivity index (χ3n) is 3.56. The van der Waals surface area contributed by atoms with Crippen LogP contribution < -0.4 is 5.56 Å². The van der Waals surface area contributed by atoms with E-state index in [1.807, 2.05) is 48.5 Å². The molecular weight excluding hydrogens is 328 g/mol. The van der Waals surface area contributed by atoms with Crippen LogP contribution in [0.15, 0.2) is 58.5 Å². The Morgan fingerprint density at radius 1 is 1.13 bits per heavy atom. The number of nitrogens with zero attached hydrogens (tertiary/aromatic N) is 2. The zero-order valence-corrected chi connectivity index (χ0v) is 14.4. The van der Waals surface area contributed by atoms with Gasteiger partial charge < -0.3 is 0 Å². The lowest BCUT2D eigenvalue weighted by atomic mass is 10.2. The normalized spacial score (nSPS) is 11.0. The molecule has 3 rings (SSSR count). The lowest BCUT2D eigenvalue weighted by Crippen LogP contribution is -2.23. The van der Waals surface area contributed by atoms with Gasteiger partial charge in [0, 0.05) is 17.3 Å². The molecule has 0 aliphatic heterocycles. The predicted octanol–water partition coefficient (Wildman–Crippen LogP) is 4.75. The Kier molecular flexibility index (Phi) is 5.03. The molecule has 0 spiro atoms. The minimum Gasteiger partial charge on any atom is -0.287 e. The maximum Gasteiger partial charge on any atom is 0.262 e. The molecule has 23 heavy (non-hydrogen) atoms. The summed E-state index contributed by atoms with van der Waals surface area (Å²) in [6, 6.07) is 15.3. The molecule has 118 valence electrons. The van der Waals surface area contributed by atoms with Crippen LogP contribution in [-0.4, -0.2) is 9.55 Å². The number of halogens is 1. The zero-order chi connectivity index (χ0) is 16.2. The molecule has 0 atom stereocenters. The van der Waals surface area contributed by atoms with Gasteiger partial charge in [0.15, 0.2) is 5.16 Å². The first-order valence-corrected chi connectivity index (χ1v) is 8.92. The average Bonchev–Trinajstić information content (AvgIpc) is 2.57. The first-order valence-electron chi connectivity index (χ1n) is 7.56. The fourth-order valence-corrected chi connectivity index (χ4v) is 3.51. The maximum absolute atomic E-state index is 12.7. The first-order chi connectivity index (χ1) is 11.2. The quantitative estimate of drug-likeness (QED) is 0.494. The van der Waals surface area contributed by atoms with Gasteiger partial charge in [-0.1, -0.05) is 54.6 Å². The minimum absolute atomic E-state index is 0.0380. The van der Waals surface area contributed by atoms with Crippen molar-refractivity contribution < 1.29 is 0 Å². The molecule has 1 aromatic heterocycles. The molecule has 0 N–H and O–H groups in total. The standard InChI is InChI=1S/C18H17ClN2OS/c1-2-11-21-17(22)15-5-3-4-6-16(15)20-18(21)23-12-13-7-9-14(19)10-8-13/h3-10H,2,11-12H2,1H3. The van der Waals surface area contributed by atoms with Crippen LogP contribution in [0.3, 0.4) is 0 Å². The second-order valence-electron chi connectivity index (χ2n) is 5.28. The van der Waals surface area contributed by atoms with E-state index in [2.05, 4.69) is 11.9 Å². The van der Waals surface area contributed by atoms with Crippen molar-refractivity contribution in [3.8, 4) is 0 Å². The van der Waals surface area contributed by atoms with Crippen molar-refractivity contribution in [1.82, 2.24) is 9.55 Å². The molecule has 0 aliphatic carbocycles. The molecule has 2 aromatic carbocycles. The van der Waals surface area contributed by atoms with E-state index in [9.17, 15) is 4.79 Å². The maximum atomic E-state index is 12.7. The molecule has 1 heterocycles. The fraction of sp³-hybridized carbons (Fsp3) is 0.222. The van der Waals surface area contributed by atoms with E-state index in [1.165, 1.54) is 0 Å². The van der Waals surface area contributed by atoms with Gasteiger partial charge in [0.2, 0.25) is 0 Å². The molecule has 0 bridgehead atoms. The van der Waals surface area contributed by atoms with Gasteiger partial charge in [-0.2, -0.15) is 0 Å². The number of benzene rings is 2. The van der Waals surface area contributed by atoms with E-state index in [1.54, 1.807) is 16.3 Å². The Morgan fingerprint density at radius 2 is 1.87 bits per heavy atom. The molecule has 5 heteroatoms. The molecule has 0 saturated carbocycles. The van der Waals surface area contributed by atoms with Gasteiger partial charge >= 0.3 is 0 Å². The molecule has 0 unspecified atom stereocenters. The van der Waals surface area contributed by atoms with Crippen molar-refractivity contribution in [3.05, 3.63) is 69.5 Å². The summed E-state index contributed by atoms with van der Waals surface area (Å²) >= 11 is 7.50. The summed E-state index contributed by atoms with van der Waals surface area (Å²) in [7, 11) is 0. The molecular formula is C18H17ClN2OS. The van der Waals surface area contributed by atoms with Crippen molar-refractivity contribution in [2.45, 2.75) is 30.8 Å². The Labute approximate surface area is 144 Å². The highest BCUT2D eigenvalue weighted by Gasteiger charge is 2.11. The summed E-state index contributed by atoms with van der Waals surface area (Å²) in [6.45, 7) is 2.74. The Morgan fingerprint density at radius 3 is 2.61 bits per heavy atom. The van der Waals surface area contributed by atoms with Gasteiger partial charge in [-0.15, -0.1) is 0 Å². The summed E-state index contributed by atoms with van der Waals surface area (Å²) in [5, 5.41) is 2.17. The Bertz CT molecular complexity index is 874. The van der Waals surface area contributed by atoms with Gasteiger partial charge in [-0.05, 0) is 36.2 Å². The van der Waals surface area contributed by atoms with Crippen LogP contribution in [-0.2, 0) is 12.3 Å². The lowest BCUT2D eigenvalue weighted by Gasteiger charge is -2.12. The topological polar surface area (TPSA) is 34.9 Å². The van der Waals surface area contributed by atoms with Crippen molar-refractivity contribution in [1.29, 1.82) is 0 Å². The summed E-state index contributed by atoms with van der Waals surface area (Å²) in [6.07, 6.45) is 0.897. The number of para-hydroxylation sites is 1. The van der Waals surface area contributed by atoms with E-state index in [0.29, 0.717) is 11.9 Å². The van der Waals surface area contributed by atoms with E-state index >= 15 is 0 Å². The van der Waals surface area contributed by atoms with Crippen LogP contribution in [0, 0.1) is 0 Å². The summed E-state index contributed by atoms with van der Waals surface area (Å²) < 4.78 is 1.78. The second kappa shape index (κ2) is 7.20. The number of fused-ring (bicyclic) bond motifs is 1. The van der Waals surface area contributed by atoms with Crippen LogP contribution in [0.1, 0.15) is 18.9 Å². The zero-order valence-electron chi connectivity index (χ0n) is 12.8. The Balaban J connectivity index is 1.96. The van der Waals surface area contributed by atoms with E-state index in [0.717, 1.165) is 33.4 Å². The highest BCUT2D eigenvalue weighted by molar-refractivity contribution is 7.98. The van der Waals surface area contributed by atoms with E-state index in [-0.39, 0.29) is 5.56 Å². The van der Waals surface area contributed by atoms with Crippen LogP contribution in [0.5, 0.6) is 0 Å². The van der Waals surface area contributed by atoms with Gasteiger partial charge in [-0.3, -0.25) is 9.36 Å². The average molecular weight is 345 g/mol. The first kappa shape index (κ1) is 16.1. The number of hydrogen-bond donors (Lipinski definition) is 0. The monoisotopic (exact) mass is 344 g/mol. The number of thioether (sulfide) groups is 1. The highest BCUT2D eigenvalue weighted by atomic mass is 35.5. The van der Waals surface area contributed by atoms with Gasteiger partial charge in [0.05, 0.1) is 10.9 Å². The molecule has 0 saturated heterocycles. The number of hydrogen-bond acceptors (Lipinski definition) is 3. The van der Waals surface area contributed by atoms with Crippen molar-refractivity contribution in [2.24, 2.45) is 0 Å². The third kappa shape index (κ3) is 3.59. The molecule has 3 aromatic rings. The summed E-state index contributed by atoms with van der Waals surface area (Å²) in [5.41, 5.74) is 1.95. The van der Waals surface area contributed by atoms with Crippen molar-refractivity contribution in [2.75, 3.05) is 0 Å². The van der Waals surface area contributed by atoms with E-state index in [4.69, 9.17) is 11.6 Å².